The Balaban J connectivity index is 2.15. The molecule has 1 amide bonds. The molecule has 1 unspecified atom stereocenters. The number of carbonyl (C=O) groups is 1. The third-order valence-corrected chi connectivity index (χ3v) is 3.76. The normalized spacial score (nSPS) is 19.9. The number of nitrogens with zero attached hydrogens (tertiary/aromatic N) is 1. The van der Waals surface area contributed by atoms with Gasteiger partial charge in [-0.15, -0.1) is 0 Å². The summed E-state index contributed by atoms with van der Waals surface area (Å²) in [4.78, 5) is 14.2. The number of aromatic hydroxyl groups is 1. The summed E-state index contributed by atoms with van der Waals surface area (Å²) in [6.45, 7) is 3.61. The van der Waals surface area contributed by atoms with Crippen molar-refractivity contribution < 1.29 is 14.6 Å². The van der Waals surface area contributed by atoms with E-state index in [0.717, 1.165) is 10.9 Å². The van der Waals surface area contributed by atoms with Gasteiger partial charge < -0.3 is 14.7 Å². The fourth-order valence-corrected chi connectivity index (χ4v) is 2.45. The monoisotopic (exact) mass is 313 g/mol. The number of morpholine rings is 1. The zero-order chi connectivity index (χ0) is 13.1. The lowest BCUT2D eigenvalue weighted by molar-refractivity contribution is -0.00968. The van der Waals surface area contributed by atoms with Crippen LogP contribution in [-0.2, 0) is 4.74 Å². The predicted molar refractivity (Wildman–Crippen MR) is 72.3 cm³/mol. The van der Waals surface area contributed by atoms with Crippen molar-refractivity contribution in [3.63, 3.8) is 0 Å². The SMILES string of the molecule is Cc1cc(O)ccc1C(=O)N1CCOC(CBr)C1. The molecule has 0 aromatic heterocycles. The number of rotatable bonds is 2. The molecule has 1 fully saturated rings. The summed E-state index contributed by atoms with van der Waals surface area (Å²) >= 11 is 3.37. The minimum Gasteiger partial charge on any atom is -0.508 e. The average Bonchev–Trinajstić information content (AvgIpc) is 2.38. The van der Waals surface area contributed by atoms with E-state index in [4.69, 9.17) is 4.74 Å². The summed E-state index contributed by atoms with van der Waals surface area (Å²) < 4.78 is 5.51. The van der Waals surface area contributed by atoms with Crippen molar-refractivity contribution in [3.05, 3.63) is 29.3 Å². The molecule has 0 saturated carbocycles. The maximum Gasteiger partial charge on any atom is 0.254 e. The summed E-state index contributed by atoms with van der Waals surface area (Å²) in [6, 6.07) is 4.82. The van der Waals surface area contributed by atoms with Crippen LogP contribution in [-0.4, -0.2) is 47.0 Å². The molecule has 1 aromatic rings. The van der Waals surface area contributed by atoms with Crippen LogP contribution in [0.2, 0.25) is 0 Å². The first-order valence-electron chi connectivity index (χ1n) is 5.88. The van der Waals surface area contributed by atoms with Crippen molar-refractivity contribution in [2.24, 2.45) is 0 Å². The molecule has 1 N–H and O–H groups in total. The second-order valence-corrected chi connectivity index (χ2v) is 5.04. The number of aryl methyl sites for hydroxylation is 1. The Hall–Kier alpha value is -1.07. The van der Waals surface area contributed by atoms with E-state index >= 15 is 0 Å². The van der Waals surface area contributed by atoms with Crippen molar-refractivity contribution >= 4 is 21.8 Å². The van der Waals surface area contributed by atoms with Gasteiger partial charge in [-0.3, -0.25) is 4.79 Å². The Bertz CT molecular complexity index is 450. The molecule has 1 aliphatic heterocycles. The van der Waals surface area contributed by atoms with Crippen molar-refractivity contribution in [2.45, 2.75) is 13.0 Å². The summed E-state index contributed by atoms with van der Waals surface area (Å²) in [5.41, 5.74) is 1.44. The van der Waals surface area contributed by atoms with Crippen LogP contribution < -0.4 is 0 Å². The molecule has 0 bridgehead atoms. The Kier molecular flexibility index (Phi) is 4.24. The zero-order valence-corrected chi connectivity index (χ0v) is 11.8. The highest BCUT2D eigenvalue weighted by Crippen LogP contribution is 2.19. The zero-order valence-electron chi connectivity index (χ0n) is 10.2. The maximum atomic E-state index is 12.4. The molecule has 0 radical (unpaired) electrons. The number of phenolic OH excluding ortho intramolecular Hbond substituents is 1. The summed E-state index contributed by atoms with van der Waals surface area (Å²) in [5.74, 6) is 0.186. The second kappa shape index (κ2) is 5.71. The fraction of sp³-hybridized carbons (Fsp3) is 0.462. The first-order chi connectivity index (χ1) is 8.61. The Labute approximate surface area is 115 Å². The smallest absolute Gasteiger partial charge is 0.254 e. The molecule has 1 heterocycles. The lowest BCUT2D eigenvalue weighted by Crippen LogP contribution is -2.46. The van der Waals surface area contributed by atoms with Gasteiger partial charge in [0.15, 0.2) is 0 Å². The number of phenols is 1. The first-order valence-corrected chi connectivity index (χ1v) is 7.00. The average molecular weight is 314 g/mol. The highest BCUT2D eigenvalue weighted by molar-refractivity contribution is 9.09. The van der Waals surface area contributed by atoms with Gasteiger partial charge in [0.2, 0.25) is 0 Å². The Morgan fingerprint density at radius 1 is 1.61 bits per heavy atom. The van der Waals surface area contributed by atoms with E-state index in [1.165, 1.54) is 0 Å². The standard InChI is InChI=1S/C13H16BrNO3/c1-9-6-10(16)2-3-12(9)13(17)15-4-5-18-11(7-14)8-15/h2-3,6,11,16H,4-5,7-8H2,1H3. The van der Waals surface area contributed by atoms with E-state index in [1.54, 1.807) is 23.1 Å². The Morgan fingerprint density at radius 2 is 2.39 bits per heavy atom. The van der Waals surface area contributed by atoms with E-state index in [-0.39, 0.29) is 17.8 Å². The third-order valence-electron chi connectivity index (χ3n) is 3.04. The van der Waals surface area contributed by atoms with Crippen molar-refractivity contribution in [3.8, 4) is 5.75 Å². The minimum absolute atomic E-state index is 0.00162. The Morgan fingerprint density at radius 3 is 3.06 bits per heavy atom. The van der Waals surface area contributed by atoms with Crippen molar-refractivity contribution in [2.75, 3.05) is 25.0 Å². The molecule has 4 nitrogen and oxygen atoms in total. The molecule has 18 heavy (non-hydrogen) atoms. The van der Waals surface area contributed by atoms with Crippen LogP contribution in [0.15, 0.2) is 18.2 Å². The molecule has 0 spiro atoms. The number of hydrogen-bond acceptors (Lipinski definition) is 3. The predicted octanol–water partition coefficient (Wildman–Crippen LogP) is 1.94. The number of amides is 1. The number of hydrogen-bond donors (Lipinski definition) is 1. The quantitative estimate of drug-likeness (QED) is 0.849. The van der Waals surface area contributed by atoms with E-state index < -0.39 is 0 Å². The van der Waals surface area contributed by atoms with Crippen LogP contribution >= 0.6 is 15.9 Å². The molecular formula is C13H16BrNO3. The molecule has 1 saturated heterocycles. The molecule has 5 heteroatoms. The van der Waals surface area contributed by atoms with Crippen LogP contribution in [0, 0.1) is 6.92 Å². The van der Waals surface area contributed by atoms with Gasteiger partial charge in [0, 0.05) is 24.0 Å². The maximum absolute atomic E-state index is 12.4. The van der Waals surface area contributed by atoms with Gasteiger partial charge >= 0.3 is 0 Å². The lowest BCUT2D eigenvalue weighted by Gasteiger charge is -2.32. The van der Waals surface area contributed by atoms with E-state index in [1.807, 2.05) is 6.92 Å². The van der Waals surface area contributed by atoms with Crippen LogP contribution in [0.1, 0.15) is 15.9 Å². The number of carbonyl (C=O) groups excluding carboxylic acids is 1. The number of benzene rings is 1. The topological polar surface area (TPSA) is 49.8 Å². The van der Waals surface area contributed by atoms with E-state index in [2.05, 4.69) is 15.9 Å². The molecule has 98 valence electrons. The number of alkyl halides is 1. The van der Waals surface area contributed by atoms with Gasteiger partial charge in [0.1, 0.15) is 5.75 Å². The van der Waals surface area contributed by atoms with E-state index in [0.29, 0.717) is 25.3 Å². The van der Waals surface area contributed by atoms with E-state index in [9.17, 15) is 9.90 Å². The first kappa shape index (κ1) is 13.4. The van der Waals surface area contributed by atoms with Gasteiger partial charge in [-0.05, 0) is 30.7 Å². The van der Waals surface area contributed by atoms with Gasteiger partial charge in [-0.2, -0.15) is 0 Å². The lowest BCUT2D eigenvalue weighted by atomic mass is 10.1. The van der Waals surface area contributed by atoms with Crippen LogP contribution in [0.25, 0.3) is 0 Å². The van der Waals surface area contributed by atoms with Gasteiger partial charge in [0.05, 0.1) is 12.7 Å². The second-order valence-electron chi connectivity index (χ2n) is 4.40. The molecule has 2 rings (SSSR count). The van der Waals surface area contributed by atoms with Crippen molar-refractivity contribution in [1.82, 2.24) is 4.90 Å². The van der Waals surface area contributed by atoms with Gasteiger partial charge in [0.25, 0.3) is 5.91 Å². The van der Waals surface area contributed by atoms with Gasteiger partial charge in [-0.25, -0.2) is 0 Å². The van der Waals surface area contributed by atoms with Crippen LogP contribution in [0.4, 0.5) is 0 Å². The fourth-order valence-electron chi connectivity index (χ4n) is 2.06. The number of halogens is 1. The highest BCUT2D eigenvalue weighted by Gasteiger charge is 2.25. The molecule has 1 aliphatic rings. The van der Waals surface area contributed by atoms with Crippen LogP contribution in [0.3, 0.4) is 0 Å². The third kappa shape index (κ3) is 2.84. The van der Waals surface area contributed by atoms with Crippen molar-refractivity contribution in [1.29, 1.82) is 0 Å². The largest absolute Gasteiger partial charge is 0.508 e. The molecule has 1 atom stereocenters. The molecular weight excluding hydrogens is 298 g/mol. The summed E-state index contributed by atoms with van der Waals surface area (Å²) in [7, 11) is 0. The van der Waals surface area contributed by atoms with Crippen LogP contribution in [0.5, 0.6) is 5.75 Å². The van der Waals surface area contributed by atoms with Gasteiger partial charge in [-0.1, -0.05) is 15.9 Å². The molecule has 1 aromatic carbocycles. The number of ether oxygens (including phenoxy) is 1. The summed E-state index contributed by atoms with van der Waals surface area (Å²) in [6.07, 6.45) is 0.0557. The molecule has 0 aliphatic carbocycles. The minimum atomic E-state index is 0.00162. The highest BCUT2D eigenvalue weighted by atomic mass is 79.9. The summed E-state index contributed by atoms with van der Waals surface area (Å²) in [5, 5.41) is 10.1.